The lowest BCUT2D eigenvalue weighted by Gasteiger charge is -2.36. The maximum atomic E-state index is 12.6. The van der Waals surface area contributed by atoms with Gasteiger partial charge in [-0.25, -0.2) is 4.79 Å². The highest BCUT2D eigenvalue weighted by Gasteiger charge is 2.41. The number of nitrogens with one attached hydrogen (secondary N) is 1. The van der Waals surface area contributed by atoms with Crippen molar-refractivity contribution in [2.24, 2.45) is 11.3 Å². The first-order chi connectivity index (χ1) is 11.5. The molecule has 4 nitrogen and oxygen atoms in total. The summed E-state index contributed by atoms with van der Waals surface area (Å²) >= 11 is 1.05. The molecule has 0 aromatic carbocycles. The van der Waals surface area contributed by atoms with Gasteiger partial charge in [0.05, 0.1) is 12.7 Å². The fourth-order valence-corrected chi connectivity index (χ4v) is 4.43. The normalized spacial score (nSPS) is 17.8. The maximum absolute atomic E-state index is 12.6. The topological polar surface area (TPSA) is 55.4 Å². The Kier molecular flexibility index (Phi) is 5.51. The van der Waals surface area contributed by atoms with Crippen LogP contribution < -0.4 is 5.32 Å². The Morgan fingerprint density at radius 3 is 2.48 bits per heavy atom. The highest BCUT2D eigenvalue weighted by Crippen LogP contribution is 2.45. The molecule has 0 spiro atoms. The Bertz CT molecular complexity index is 679. The summed E-state index contributed by atoms with van der Waals surface area (Å²) in [4.78, 5) is 24.2. The molecule has 1 N–H and O–H groups in total. The van der Waals surface area contributed by atoms with Crippen LogP contribution >= 0.6 is 11.3 Å². The van der Waals surface area contributed by atoms with Gasteiger partial charge in [0.25, 0.3) is 0 Å². The van der Waals surface area contributed by atoms with E-state index in [0.717, 1.165) is 29.1 Å². The molecule has 0 saturated carbocycles. The van der Waals surface area contributed by atoms with Gasteiger partial charge in [-0.15, -0.1) is 11.3 Å². The molecule has 25 heavy (non-hydrogen) atoms. The number of alkyl halides is 3. The predicted octanol–water partition coefficient (Wildman–Crippen LogP) is 4.58. The molecule has 1 aliphatic rings. The van der Waals surface area contributed by atoms with Crippen LogP contribution in [0.15, 0.2) is 0 Å². The minimum atomic E-state index is -5.01. The summed E-state index contributed by atoms with van der Waals surface area (Å²) < 4.78 is 42.4. The molecule has 0 aliphatic heterocycles. The molecule has 1 unspecified atom stereocenters. The number of hydrogen-bond acceptors (Lipinski definition) is 4. The summed E-state index contributed by atoms with van der Waals surface area (Å²) in [6.07, 6.45) is -1.90. The Balaban J connectivity index is 2.40. The molecule has 1 aromatic rings. The highest BCUT2D eigenvalue weighted by atomic mass is 32.1. The molecular weight excluding hydrogens is 355 g/mol. The number of hydrogen-bond donors (Lipinski definition) is 1. The molecule has 0 saturated heterocycles. The first-order valence-corrected chi connectivity index (χ1v) is 8.94. The van der Waals surface area contributed by atoms with E-state index in [0.29, 0.717) is 24.3 Å². The second-order valence-electron chi connectivity index (χ2n) is 6.93. The van der Waals surface area contributed by atoms with E-state index in [9.17, 15) is 22.8 Å². The van der Waals surface area contributed by atoms with E-state index in [-0.39, 0.29) is 16.0 Å². The van der Waals surface area contributed by atoms with E-state index in [1.165, 1.54) is 7.11 Å². The molecule has 8 heteroatoms. The molecule has 1 aromatic heterocycles. The number of carbonyl (C=O) groups is 2. The third-order valence-electron chi connectivity index (χ3n) is 5.16. The number of halogens is 3. The molecule has 140 valence electrons. The van der Waals surface area contributed by atoms with Crippen LogP contribution in [0.3, 0.4) is 0 Å². The monoisotopic (exact) mass is 377 g/mol. The standard InChI is InChI=1S/C17H22F3NO3S/c1-5-16(2,3)9-6-7-10-11(8-9)25-13(12(10)14(22)24-4)21-15(23)17(18,19)20/h9H,5-8H2,1-4H3,(H,21,23). The number of anilines is 1. The average Bonchev–Trinajstić information content (AvgIpc) is 2.90. The molecule has 1 atom stereocenters. The molecule has 0 radical (unpaired) electrons. The third kappa shape index (κ3) is 3.99. The third-order valence-corrected chi connectivity index (χ3v) is 6.33. The van der Waals surface area contributed by atoms with Gasteiger partial charge in [0, 0.05) is 4.88 Å². The van der Waals surface area contributed by atoms with Crippen molar-refractivity contribution in [2.75, 3.05) is 12.4 Å². The van der Waals surface area contributed by atoms with E-state index in [4.69, 9.17) is 4.74 Å². The smallest absolute Gasteiger partial charge is 0.465 e. The van der Waals surface area contributed by atoms with Gasteiger partial charge in [-0.1, -0.05) is 27.2 Å². The predicted molar refractivity (Wildman–Crippen MR) is 89.9 cm³/mol. The van der Waals surface area contributed by atoms with Gasteiger partial charge < -0.3 is 10.1 Å². The molecule has 0 bridgehead atoms. The Morgan fingerprint density at radius 1 is 1.32 bits per heavy atom. The van der Waals surface area contributed by atoms with Crippen LogP contribution in [0, 0.1) is 11.3 Å². The van der Waals surface area contributed by atoms with Crippen molar-refractivity contribution < 1.29 is 27.5 Å². The van der Waals surface area contributed by atoms with Crippen molar-refractivity contribution >= 4 is 28.2 Å². The molecule has 2 rings (SSSR count). The lowest BCUT2D eigenvalue weighted by atomic mass is 9.69. The molecule has 1 aliphatic carbocycles. The average molecular weight is 377 g/mol. The van der Waals surface area contributed by atoms with Crippen molar-refractivity contribution in [3.8, 4) is 0 Å². The number of ether oxygens (including phenoxy) is 1. The Labute approximate surface area is 148 Å². The second kappa shape index (κ2) is 6.97. The van der Waals surface area contributed by atoms with Crippen LogP contribution in [-0.4, -0.2) is 25.2 Å². The van der Waals surface area contributed by atoms with Gasteiger partial charge in [0.2, 0.25) is 0 Å². The lowest BCUT2D eigenvalue weighted by molar-refractivity contribution is -0.167. The van der Waals surface area contributed by atoms with E-state index < -0.39 is 18.1 Å². The fourth-order valence-electron chi connectivity index (χ4n) is 3.12. The lowest BCUT2D eigenvalue weighted by Crippen LogP contribution is -2.30. The zero-order chi connectivity index (χ0) is 19.0. The summed E-state index contributed by atoms with van der Waals surface area (Å²) in [5.74, 6) is -2.43. The number of thiophene rings is 1. The molecular formula is C17H22F3NO3S. The van der Waals surface area contributed by atoms with Crippen LogP contribution in [0.5, 0.6) is 0 Å². The van der Waals surface area contributed by atoms with Crippen LogP contribution in [0.4, 0.5) is 18.2 Å². The zero-order valence-corrected chi connectivity index (χ0v) is 15.5. The van der Waals surface area contributed by atoms with Gasteiger partial charge in [-0.3, -0.25) is 4.79 Å². The number of rotatable bonds is 4. The first kappa shape index (κ1) is 19.8. The summed E-state index contributed by atoms with van der Waals surface area (Å²) in [6, 6.07) is 0. The van der Waals surface area contributed by atoms with Crippen molar-refractivity contribution in [3.05, 3.63) is 16.0 Å². The van der Waals surface area contributed by atoms with Crippen molar-refractivity contribution in [2.45, 2.75) is 52.6 Å². The van der Waals surface area contributed by atoms with Gasteiger partial charge in [0.1, 0.15) is 5.00 Å². The van der Waals surface area contributed by atoms with Crippen molar-refractivity contribution in [1.29, 1.82) is 0 Å². The van der Waals surface area contributed by atoms with Crippen LogP contribution in [0.1, 0.15) is 54.4 Å². The molecule has 1 amide bonds. The van der Waals surface area contributed by atoms with E-state index in [1.807, 2.05) is 5.32 Å². The van der Waals surface area contributed by atoms with Crippen molar-refractivity contribution in [1.82, 2.24) is 0 Å². The van der Waals surface area contributed by atoms with Crippen LogP contribution in [0.25, 0.3) is 0 Å². The second-order valence-corrected chi connectivity index (χ2v) is 8.04. The summed E-state index contributed by atoms with van der Waals surface area (Å²) in [5.41, 5.74) is 0.869. The van der Waals surface area contributed by atoms with E-state index in [2.05, 4.69) is 20.8 Å². The van der Waals surface area contributed by atoms with Crippen LogP contribution in [0.2, 0.25) is 0 Å². The summed E-state index contributed by atoms with van der Waals surface area (Å²) in [5, 5.41) is 1.77. The number of fused-ring (bicyclic) bond motifs is 1. The minimum absolute atomic E-state index is 0.0628. The number of methoxy groups -OCH3 is 1. The maximum Gasteiger partial charge on any atom is 0.471 e. The van der Waals surface area contributed by atoms with Gasteiger partial charge in [-0.05, 0) is 36.2 Å². The largest absolute Gasteiger partial charge is 0.471 e. The Morgan fingerprint density at radius 2 is 1.96 bits per heavy atom. The summed E-state index contributed by atoms with van der Waals surface area (Å²) in [6.45, 7) is 6.45. The quantitative estimate of drug-likeness (QED) is 0.782. The highest BCUT2D eigenvalue weighted by molar-refractivity contribution is 7.17. The Hall–Kier alpha value is -1.57. The van der Waals surface area contributed by atoms with Gasteiger partial charge >= 0.3 is 18.1 Å². The minimum Gasteiger partial charge on any atom is -0.465 e. The molecule has 0 fully saturated rings. The summed E-state index contributed by atoms with van der Waals surface area (Å²) in [7, 11) is 1.17. The fraction of sp³-hybridized carbons (Fsp3) is 0.647. The number of carbonyl (C=O) groups excluding carboxylic acids is 2. The van der Waals surface area contributed by atoms with E-state index >= 15 is 0 Å². The van der Waals surface area contributed by atoms with Crippen molar-refractivity contribution in [3.63, 3.8) is 0 Å². The van der Waals surface area contributed by atoms with Crippen LogP contribution in [-0.2, 0) is 22.4 Å². The van der Waals surface area contributed by atoms with Gasteiger partial charge in [-0.2, -0.15) is 13.2 Å². The zero-order valence-electron chi connectivity index (χ0n) is 14.7. The number of esters is 1. The van der Waals surface area contributed by atoms with E-state index in [1.54, 1.807) is 0 Å². The van der Waals surface area contributed by atoms with Gasteiger partial charge in [0.15, 0.2) is 0 Å². The SMILES string of the molecule is CCC(C)(C)C1CCc2c(sc(NC(=O)C(F)(F)F)c2C(=O)OC)C1. The number of amides is 1. The first-order valence-electron chi connectivity index (χ1n) is 8.12. The molecule has 1 heterocycles.